The minimum absolute atomic E-state index is 0.00619. The van der Waals surface area contributed by atoms with Crippen molar-refractivity contribution in [2.24, 2.45) is 0 Å². The molecule has 33 heavy (non-hydrogen) atoms. The van der Waals surface area contributed by atoms with E-state index in [4.69, 9.17) is 9.72 Å². The molecule has 1 saturated carbocycles. The van der Waals surface area contributed by atoms with Crippen molar-refractivity contribution in [2.45, 2.75) is 37.3 Å². The number of halogens is 2. The smallest absolute Gasteiger partial charge is 0.316 e. The summed E-state index contributed by atoms with van der Waals surface area (Å²) < 4.78 is 35.2. The second-order valence-corrected chi connectivity index (χ2v) is 9.49. The van der Waals surface area contributed by atoms with Gasteiger partial charge in [-0.1, -0.05) is 12.1 Å². The van der Waals surface area contributed by atoms with Gasteiger partial charge in [-0.3, -0.25) is 4.79 Å². The predicted octanol–water partition coefficient (Wildman–Crippen LogP) is 3.46. The van der Waals surface area contributed by atoms with Gasteiger partial charge in [-0.15, -0.1) is 11.3 Å². The number of aryl methyl sites for hydroxylation is 1. The Morgan fingerprint density at radius 2 is 2.00 bits per heavy atom. The number of para-hydroxylation sites is 1. The van der Waals surface area contributed by atoms with Gasteiger partial charge in [0.25, 0.3) is 0 Å². The van der Waals surface area contributed by atoms with E-state index >= 15 is 0 Å². The molecule has 2 fully saturated rings. The quantitative estimate of drug-likeness (QED) is 0.530. The molecular weight excluding hydrogens is 450 g/mol. The van der Waals surface area contributed by atoms with Crippen molar-refractivity contribution in [1.82, 2.24) is 20.9 Å². The minimum atomic E-state index is -1.11. The number of carbonyl (C=O) groups excluding carboxylic acids is 2. The molecule has 1 aromatic heterocycles. The summed E-state index contributed by atoms with van der Waals surface area (Å²) in [6, 6.07) is 6.38. The molecule has 3 amide bonds. The highest BCUT2D eigenvalue weighted by molar-refractivity contribution is 7.18. The molecule has 3 N–H and O–H groups in total. The number of ether oxygens (including phenoxy) is 1. The van der Waals surface area contributed by atoms with Crippen LogP contribution in [0.4, 0.5) is 13.6 Å². The van der Waals surface area contributed by atoms with Crippen LogP contribution in [0.3, 0.4) is 0 Å². The van der Waals surface area contributed by atoms with Crippen LogP contribution in [0.25, 0.3) is 10.2 Å². The summed E-state index contributed by atoms with van der Waals surface area (Å²) in [5, 5.41) is 8.95. The fourth-order valence-electron chi connectivity index (χ4n) is 4.29. The van der Waals surface area contributed by atoms with Crippen LogP contribution >= 0.6 is 11.3 Å². The monoisotopic (exact) mass is 472 g/mol. The average molecular weight is 473 g/mol. The largest absolute Gasteiger partial charge is 0.497 e. The summed E-state index contributed by atoms with van der Waals surface area (Å²) in [4.78, 5) is 30.0. The number of nitrogens with zero attached hydrogens (tertiary/aromatic N) is 1. The molecule has 10 heteroatoms. The van der Waals surface area contributed by atoms with Crippen molar-refractivity contribution < 1.29 is 23.1 Å². The van der Waals surface area contributed by atoms with E-state index in [0.29, 0.717) is 0 Å². The average Bonchev–Trinajstić information content (AvgIpc) is 3.26. The standard InChI is InChI=1S/C23H22F2N4O3S/c1-11-4-3-5-16-18(11)27-21(33-16)23(6-7-23)29-22(31)28-19-13(10-26-20(19)30)17-14(24)8-12(32-2)9-15(17)25/h3-5,8-9,13,19H,6-7,10H2,1-2H3,(H,26,30)(H2,28,29,31)/t13-,19-/m0/s1. The van der Waals surface area contributed by atoms with Crippen LogP contribution in [-0.2, 0) is 10.3 Å². The Bertz CT molecular complexity index is 1250. The highest BCUT2D eigenvalue weighted by atomic mass is 32.1. The van der Waals surface area contributed by atoms with E-state index < -0.39 is 41.1 Å². The number of urea groups is 1. The third-order valence-corrected chi connectivity index (χ3v) is 7.48. The van der Waals surface area contributed by atoms with Gasteiger partial charge in [-0.05, 0) is 31.4 Å². The Morgan fingerprint density at radius 1 is 1.27 bits per heavy atom. The molecule has 5 rings (SSSR count). The van der Waals surface area contributed by atoms with Crippen LogP contribution in [0, 0.1) is 18.6 Å². The Labute approximate surface area is 192 Å². The summed E-state index contributed by atoms with van der Waals surface area (Å²) in [5.41, 5.74) is 1.11. The first kappa shape index (κ1) is 21.6. The molecule has 0 unspecified atom stereocenters. The zero-order valence-electron chi connectivity index (χ0n) is 18.0. The number of nitrogens with one attached hydrogen (secondary N) is 3. The number of aromatic nitrogens is 1. The van der Waals surface area contributed by atoms with E-state index in [1.54, 1.807) is 0 Å². The van der Waals surface area contributed by atoms with Crippen LogP contribution in [0.2, 0.25) is 0 Å². The Morgan fingerprint density at radius 3 is 2.64 bits per heavy atom. The van der Waals surface area contributed by atoms with Crippen LogP contribution in [0.15, 0.2) is 30.3 Å². The summed E-state index contributed by atoms with van der Waals surface area (Å²) in [6.07, 6.45) is 1.45. The summed E-state index contributed by atoms with van der Waals surface area (Å²) >= 11 is 1.53. The SMILES string of the molecule is COc1cc(F)c([C@@H]2CNC(=O)[C@H]2NC(=O)NC2(c3nc4c(C)cccc4s3)CC2)c(F)c1. The number of amides is 3. The molecule has 1 aliphatic carbocycles. The fourth-order valence-corrected chi connectivity index (χ4v) is 5.54. The molecular formula is C23H22F2N4O3S. The van der Waals surface area contributed by atoms with Crippen molar-refractivity contribution in [3.8, 4) is 5.75 Å². The zero-order valence-corrected chi connectivity index (χ0v) is 18.8. The van der Waals surface area contributed by atoms with Crippen molar-refractivity contribution >= 4 is 33.5 Å². The van der Waals surface area contributed by atoms with E-state index in [2.05, 4.69) is 16.0 Å². The van der Waals surface area contributed by atoms with Crippen molar-refractivity contribution in [3.05, 3.63) is 58.1 Å². The van der Waals surface area contributed by atoms with Crippen molar-refractivity contribution in [3.63, 3.8) is 0 Å². The van der Waals surface area contributed by atoms with E-state index in [1.165, 1.54) is 18.4 Å². The summed E-state index contributed by atoms with van der Waals surface area (Å²) in [6.45, 7) is 1.99. The molecule has 2 heterocycles. The van der Waals surface area contributed by atoms with Gasteiger partial charge in [-0.25, -0.2) is 18.6 Å². The normalized spacial score (nSPS) is 21.0. The number of benzene rings is 2. The van der Waals surface area contributed by atoms with Crippen molar-refractivity contribution in [1.29, 1.82) is 0 Å². The van der Waals surface area contributed by atoms with Crippen LogP contribution in [0.1, 0.15) is 34.9 Å². The second kappa shape index (κ2) is 7.95. The summed E-state index contributed by atoms with van der Waals surface area (Å²) in [7, 11) is 1.31. The van der Waals surface area contributed by atoms with E-state index in [0.717, 1.165) is 45.8 Å². The number of hydrogen-bond donors (Lipinski definition) is 3. The lowest BCUT2D eigenvalue weighted by atomic mass is 9.93. The highest BCUT2D eigenvalue weighted by Gasteiger charge is 2.49. The van der Waals surface area contributed by atoms with Crippen molar-refractivity contribution in [2.75, 3.05) is 13.7 Å². The highest BCUT2D eigenvalue weighted by Crippen LogP contribution is 2.48. The first-order valence-corrected chi connectivity index (χ1v) is 11.4. The molecule has 1 aliphatic heterocycles. The van der Waals surface area contributed by atoms with Gasteiger partial charge in [-0.2, -0.15) is 0 Å². The van der Waals surface area contributed by atoms with Crippen LogP contribution in [-0.4, -0.2) is 36.6 Å². The van der Waals surface area contributed by atoms with Crippen LogP contribution in [0.5, 0.6) is 5.75 Å². The summed E-state index contributed by atoms with van der Waals surface area (Å²) in [5.74, 6) is -3.01. The molecule has 3 aromatic rings. The molecule has 2 aliphatic rings. The Hall–Kier alpha value is -3.27. The maximum absolute atomic E-state index is 14.6. The molecule has 1 saturated heterocycles. The number of fused-ring (bicyclic) bond motifs is 1. The lowest BCUT2D eigenvalue weighted by molar-refractivity contribution is -0.120. The predicted molar refractivity (Wildman–Crippen MR) is 119 cm³/mol. The van der Waals surface area contributed by atoms with Gasteiger partial charge in [0.1, 0.15) is 28.4 Å². The lowest BCUT2D eigenvalue weighted by Crippen LogP contribution is -2.50. The minimum Gasteiger partial charge on any atom is -0.497 e. The number of carbonyl (C=O) groups is 2. The van der Waals surface area contributed by atoms with Gasteiger partial charge in [0.2, 0.25) is 5.91 Å². The topological polar surface area (TPSA) is 92.4 Å². The van der Waals surface area contributed by atoms with E-state index in [9.17, 15) is 18.4 Å². The third-order valence-electron chi connectivity index (χ3n) is 6.26. The maximum Gasteiger partial charge on any atom is 0.316 e. The molecule has 172 valence electrons. The van der Waals surface area contributed by atoms with Gasteiger partial charge in [0.15, 0.2) is 0 Å². The number of rotatable bonds is 5. The third kappa shape index (κ3) is 3.78. The molecule has 2 atom stereocenters. The zero-order chi connectivity index (χ0) is 23.3. The van der Waals surface area contributed by atoms with Crippen LogP contribution < -0.4 is 20.7 Å². The molecule has 2 aromatic carbocycles. The lowest BCUT2D eigenvalue weighted by Gasteiger charge is -2.22. The Kier molecular flexibility index (Phi) is 5.19. The van der Waals surface area contributed by atoms with E-state index in [-0.39, 0.29) is 17.9 Å². The number of hydrogen-bond acceptors (Lipinski definition) is 5. The second-order valence-electron chi connectivity index (χ2n) is 8.46. The van der Waals surface area contributed by atoms with Gasteiger partial charge >= 0.3 is 6.03 Å². The number of thiazole rings is 1. The molecule has 0 radical (unpaired) electrons. The first-order chi connectivity index (χ1) is 15.8. The maximum atomic E-state index is 14.6. The molecule has 0 spiro atoms. The first-order valence-electron chi connectivity index (χ1n) is 10.6. The van der Waals surface area contributed by atoms with Gasteiger partial charge in [0, 0.05) is 30.2 Å². The molecule has 0 bridgehead atoms. The van der Waals surface area contributed by atoms with Gasteiger partial charge in [0.05, 0.1) is 22.9 Å². The number of methoxy groups -OCH3 is 1. The van der Waals surface area contributed by atoms with Gasteiger partial charge < -0.3 is 20.7 Å². The Balaban J connectivity index is 1.35. The van der Waals surface area contributed by atoms with E-state index in [1.807, 2.05) is 25.1 Å². The fraction of sp³-hybridized carbons (Fsp3) is 0.348. The molecule has 7 nitrogen and oxygen atoms in total.